The van der Waals surface area contributed by atoms with Crippen molar-refractivity contribution < 1.29 is 4.74 Å². The second-order valence-electron chi connectivity index (χ2n) is 8.26. The monoisotopic (exact) mass is 499 g/mol. The number of hydrazone groups is 1. The maximum Gasteiger partial charge on any atom is 0.250 e. The maximum absolute atomic E-state index is 6.26. The van der Waals surface area contributed by atoms with Gasteiger partial charge in [-0.25, -0.2) is 5.43 Å². The van der Waals surface area contributed by atoms with E-state index in [1.807, 2.05) is 78.9 Å². The van der Waals surface area contributed by atoms with Crippen LogP contribution < -0.4 is 20.4 Å². The minimum absolute atomic E-state index is 0.357. The third-order valence-corrected chi connectivity index (χ3v) is 6.04. The fourth-order valence-electron chi connectivity index (χ4n) is 3.83. The Morgan fingerprint density at radius 1 is 0.861 bits per heavy atom. The van der Waals surface area contributed by atoms with E-state index in [1.165, 1.54) is 0 Å². The molecule has 1 fully saturated rings. The van der Waals surface area contributed by atoms with E-state index in [4.69, 9.17) is 16.3 Å². The summed E-state index contributed by atoms with van der Waals surface area (Å²) in [4.78, 5) is 15.9. The van der Waals surface area contributed by atoms with Crippen molar-refractivity contribution in [2.75, 3.05) is 28.7 Å². The average molecular weight is 500 g/mol. The Bertz CT molecular complexity index is 1330. The first-order valence-corrected chi connectivity index (χ1v) is 12.2. The van der Waals surface area contributed by atoms with Crippen molar-refractivity contribution in [2.24, 2.45) is 5.10 Å². The van der Waals surface area contributed by atoms with Crippen LogP contribution in [0.4, 0.5) is 23.5 Å². The number of hydrogen-bond donors (Lipinski definition) is 2. The zero-order valence-electron chi connectivity index (χ0n) is 19.6. The van der Waals surface area contributed by atoms with E-state index in [-0.39, 0.29) is 0 Å². The van der Waals surface area contributed by atoms with Crippen molar-refractivity contribution in [3.05, 3.63) is 95.0 Å². The summed E-state index contributed by atoms with van der Waals surface area (Å²) < 4.78 is 6.02. The van der Waals surface area contributed by atoms with Gasteiger partial charge < -0.3 is 15.0 Å². The molecule has 0 unspecified atom stereocenters. The average Bonchev–Trinajstić information content (AvgIpc) is 3.45. The molecule has 0 saturated carbocycles. The zero-order chi connectivity index (χ0) is 24.6. The van der Waals surface area contributed by atoms with Gasteiger partial charge in [-0.1, -0.05) is 60.1 Å². The molecule has 3 aromatic carbocycles. The molecule has 0 aliphatic carbocycles. The zero-order valence-corrected chi connectivity index (χ0v) is 20.4. The predicted octanol–water partition coefficient (Wildman–Crippen LogP) is 5.89. The van der Waals surface area contributed by atoms with Gasteiger partial charge >= 0.3 is 0 Å². The summed E-state index contributed by atoms with van der Waals surface area (Å²) in [6.45, 7) is 2.21. The highest BCUT2D eigenvalue weighted by Crippen LogP contribution is 2.22. The van der Waals surface area contributed by atoms with E-state index >= 15 is 0 Å². The lowest BCUT2D eigenvalue weighted by molar-refractivity contribution is 0.306. The van der Waals surface area contributed by atoms with Crippen LogP contribution in [0, 0.1) is 0 Å². The first-order chi connectivity index (χ1) is 17.7. The van der Waals surface area contributed by atoms with Gasteiger partial charge in [0.2, 0.25) is 17.8 Å². The molecular formula is C27H26ClN7O. The number of aromatic nitrogens is 3. The van der Waals surface area contributed by atoms with Gasteiger partial charge in [-0.05, 0) is 43.2 Å². The van der Waals surface area contributed by atoms with Gasteiger partial charge in [0.1, 0.15) is 12.4 Å². The maximum atomic E-state index is 6.26. The molecule has 1 saturated heterocycles. The van der Waals surface area contributed by atoms with Crippen LogP contribution in [0.5, 0.6) is 5.75 Å². The molecule has 1 aliphatic rings. The number of ether oxygens (including phenoxy) is 1. The second kappa shape index (κ2) is 11.5. The highest BCUT2D eigenvalue weighted by atomic mass is 35.5. The fourth-order valence-corrected chi connectivity index (χ4v) is 4.02. The Labute approximate surface area is 215 Å². The third-order valence-electron chi connectivity index (χ3n) is 5.67. The molecule has 0 atom stereocenters. The highest BCUT2D eigenvalue weighted by molar-refractivity contribution is 6.31. The van der Waals surface area contributed by atoms with E-state index < -0.39 is 0 Å². The Hall–Kier alpha value is -4.17. The molecule has 2 heterocycles. The van der Waals surface area contributed by atoms with Gasteiger partial charge in [-0.3, -0.25) is 0 Å². The van der Waals surface area contributed by atoms with Crippen molar-refractivity contribution in [3.8, 4) is 5.75 Å². The van der Waals surface area contributed by atoms with Crippen LogP contribution in [0.25, 0.3) is 0 Å². The standard InChI is InChI=1S/C27H26ClN7O/c28-23-14-6-4-11-21(23)19-36-24-15-7-5-10-20(24)18-29-34-26-31-25(30-22-12-2-1-3-13-22)32-27(33-26)35-16-8-9-17-35/h1-7,10-15,18H,8-9,16-17,19H2,(H2,30,31,32,33,34)/b29-18-. The normalized spacial score (nSPS) is 13.2. The van der Waals surface area contributed by atoms with Gasteiger partial charge in [0.25, 0.3) is 0 Å². The van der Waals surface area contributed by atoms with Crippen molar-refractivity contribution in [2.45, 2.75) is 19.4 Å². The van der Waals surface area contributed by atoms with Crippen LogP contribution >= 0.6 is 11.6 Å². The minimum atomic E-state index is 0.357. The number of para-hydroxylation sites is 2. The smallest absolute Gasteiger partial charge is 0.250 e. The molecule has 8 nitrogen and oxygen atoms in total. The first-order valence-electron chi connectivity index (χ1n) is 11.8. The number of nitrogens with zero attached hydrogens (tertiary/aromatic N) is 5. The summed E-state index contributed by atoms with van der Waals surface area (Å²) in [6, 6.07) is 25.1. The number of hydrogen-bond acceptors (Lipinski definition) is 8. The SMILES string of the molecule is Clc1ccccc1COc1ccccc1/C=N\Nc1nc(Nc2ccccc2)nc(N2CCCC2)n1. The molecular weight excluding hydrogens is 474 g/mol. The summed E-state index contributed by atoms with van der Waals surface area (Å²) in [5.41, 5.74) is 5.59. The summed E-state index contributed by atoms with van der Waals surface area (Å²) >= 11 is 6.26. The van der Waals surface area contributed by atoms with Gasteiger partial charge in [-0.15, -0.1) is 0 Å². The van der Waals surface area contributed by atoms with Crippen LogP contribution in [0.2, 0.25) is 5.02 Å². The van der Waals surface area contributed by atoms with Crippen molar-refractivity contribution in [1.29, 1.82) is 0 Å². The molecule has 0 radical (unpaired) electrons. The summed E-state index contributed by atoms with van der Waals surface area (Å²) in [5, 5.41) is 8.31. The first kappa shape index (κ1) is 23.6. The van der Waals surface area contributed by atoms with Gasteiger partial charge in [0.15, 0.2) is 0 Å². The van der Waals surface area contributed by atoms with E-state index in [0.717, 1.165) is 42.7 Å². The van der Waals surface area contributed by atoms with Gasteiger partial charge in [-0.2, -0.15) is 20.1 Å². The number of halogens is 1. The lowest BCUT2D eigenvalue weighted by Gasteiger charge is -2.16. The Morgan fingerprint density at radius 2 is 1.58 bits per heavy atom. The topological polar surface area (TPSA) is 87.6 Å². The lowest BCUT2D eigenvalue weighted by atomic mass is 10.2. The third kappa shape index (κ3) is 6.09. The Balaban J connectivity index is 1.32. The number of rotatable bonds is 9. The largest absolute Gasteiger partial charge is 0.488 e. The lowest BCUT2D eigenvalue weighted by Crippen LogP contribution is -2.21. The van der Waals surface area contributed by atoms with E-state index in [1.54, 1.807) is 6.21 Å². The Kier molecular flexibility index (Phi) is 7.53. The van der Waals surface area contributed by atoms with Gasteiger partial charge in [0, 0.05) is 34.9 Å². The van der Waals surface area contributed by atoms with Crippen molar-refractivity contribution >= 4 is 41.3 Å². The van der Waals surface area contributed by atoms with E-state index in [9.17, 15) is 0 Å². The van der Waals surface area contributed by atoms with Gasteiger partial charge in [0.05, 0.1) is 6.21 Å². The molecule has 1 aliphatic heterocycles. The molecule has 0 spiro atoms. The minimum Gasteiger partial charge on any atom is -0.488 e. The predicted molar refractivity (Wildman–Crippen MR) is 144 cm³/mol. The van der Waals surface area contributed by atoms with E-state index in [2.05, 4.69) is 35.7 Å². The number of anilines is 4. The molecule has 9 heteroatoms. The quantitative estimate of drug-likeness (QED) is 0.219. The van der Waals surface area contributed by atoms with Crippen LogP contribution in [-0.2, 0) is 6.61 Å². The molecule has 0 bridgehead atoms. The molecule has 2 N–H and O–H groups in total. The Morgan fingerprint density at radius 3 is 2.42 bits per heavy atom. The van der Waals surface area contributed by atoms with Crippen molar-refractivity contribution in [1.82, 2.24) is 15.0 Å². The van der Waals surface area contributed by atoms with Crippen LogP contribution in [0.15, 0.2) is 84.0 Å². The summed E-state index contributed by atoms with van der Waals surface area (Å²) in [7, 11) is 0. The number of nitrogens with one attached hydrogen (secondary N) is 2. The summed E-state index contributed by atoms with van der Waals surface area (Å²) in [5.74, 6) is 2.14. The molecule has 36 heavy (non-hydrogen) atoms. The highest BCUT2D eigenvalue weighted by Gasteiger charge is 2.17. The van der Waals surface area contributed by atoms with Crippen LogP contribution in [-0.4, -0.2) is 34.3 Å². The van der Waals surface area contributed by atoms with E-state index in [0.29, 0.717) is 35.2 Å². The molecule has 182 valence electrons. The van der Waals surface area contributed by atoms with Crippen LogP contribution in [0.3, 0.4) is 0 Å². The van der Waals surface area contributed by atoms with Crippen molar-refractivity contribution in [3.63, 3.8) is 0 Å². The second-order valence-corrected chi connectivity index (χ2v) is 8.66. The summed E-state index contributed by atoms with van der Waals surface area (Å²) in [6.07, 6.45) is 3.93. The molecule has 1 aromatic heterocycles. The van der Waals surface area contributed by atoms with Crippen LogP contribution in [0.1, 0.15) is 24.0 Å². The molecule has 4 aromatic rings. The molecule has 0 amide bonds. The fraction of sp³-hybridized carbons (Fsp3) is 0.185. The number of benzene rings is 3. The molecule has 5 rings (SSSR count).